The molecule has 1 heterocycles. The van der Waals surface area contributed by atoms with Crippen LogP contribution in [-0.2, 0) is 9.53 Å². The first-order valence-corrected chi connectivity index (χ1v) is 7.33. The zero-order chi connectivity index (χ0) is 15.6. The second kappa shape index (κ2) is 6.30. The van der Waals surface area contributed by atoms with E-state index < -0.39 is 5.97 Å². The zero-order valence-corrected chi connectivity index (χ0v) is 13.7. The van der Waals surface area contributed by atoms with E-state index in [0.29, 0.717) is 12.2 Å². The number of nitrogens with zero attached hydrogens (tertiary/aromatic N) is 1. The van der Waals surface area contributed by atoms with Crippen LogP contribution in [0.1, 0.15) is 23.0 Å². The van der Waals surface area contributed by atoms with Gasteiger partial charge in [-0.1, -0.05) is 15.9 Å². The molecular formula is C15H16BrNO4. The fraction of sp³-hybridized carbons (Fsp3) is 0.333. The summed E-state index contributed by atoms with van der Waals surface area (Å²) in [7, 11) is 1.54. The summed E-state index contributed by atoms with van der Waals surface area (Å²) in [5.74, 6) is -0.535. The van der Waals surface area contributed by atoms with Crippen molar-refractivity contribution in [2.75, 3.05) is 20.2 Å². The van der Waals surface area contributed by atoms with Gasteiger partial charge in [0.15, 0.2) is 5.76 Å². The maximum Gasteiger partial charge on any atom is 0.325 e. The average Bonchev–Trinajstić information content (AvgIpc) is 2.75. The molecule has 112 valence electrons. The van der Waals surface area contributed by atoms with E-state index in [1.807, 2.05) is 19.1 Å². The van der Waals surface area contributed by atoms with Crippen LogP contribution in [0, 0.1) is 6.92 Å². The number of ether oxygens (including phenoxy) is 1. The molecule has 0 saturated heterocycles. The minimum Gasteiger partial charge on any atom is -0.465 e. The van der Waals surface area contributed by atoms with Crippen molar-refractivity contribution in [3.8, 4) is 0 Å². The van der Waals surface area contributed by atoms with Crippen LogP contribution in [0.3, 0.4) is 0 Å². The normalized spacial score (nSPS) is 10.7. The molecule has 0 radical (unpaired) electrons. The third kappa shape index (κ3) is 3.26. The van der Waals surface area contributed by atoms with Crippen molar-refractivity contribution in [2.24, 2.45) is 0 Å². The van der Waals surface area contributed by atoms with E-state index >= 15 is 0 Å². The number of furan rings is 1. The largest absolute Gasteiger partial charge is 0.465 e. The molecule has 0 N–H and O–H groups in total. The van der Waals surface area contributed by atoms with Crippen LogP contribution in [0.25, 0.3) is 11.0 Å². The molecule has 1 aromatic heterocycles. The highest BCUT2D eigenvalue weighted by atomic mass is 79.9. The minimum absolute atomic E-state index is 0.104. The number of hydrogen-bond donors (Lipinski definition) is 0. The van der Waals surface area contributed by atoms with Gasteiger partial charge in [-0.05, 0) is 32.0 Å². The predicted molar refractivity (Wildman–Crippen MR) is 82.2 cm³/mol. The molecule has 0 aliphatic rings. The smallest absolute Gasteiger partial charge is 0.325 e. The van der Waals surface area contributed by atoms with Crippen molar-refractivity contribution >= 4 is 38.8 Å². The first-order chi connectivity index (χ1) is 9.93. The molecule has 0 saturated carbocycles. The molecule has 0 bridgehead atoms. The Labute approximate surface area is 131 Å². The summed E-state index contributed by atoms with van der Waals surface area (Å²) in [5.41, 5.74) is 1.40. The third-order valence-corrected chi connectivity index (χ3v) is 3.60. The number of esters is 1. The molecule has 0 unspecified atom stereocenters. The van der Waals surface area contributed by atoms with Gasteiger partial charge in [0.25, 0.3) is 5.91 Å². The fourth-order valence-electron chi connectivity index (χ4n) is 2.04. The van der Waals surface area contributed by atoms with Gasteiger partial charge >= 0.3 is 5.97 Å². The average molecular weight is 354 g/mol. The summed E-state index contributed by atoms with van der Waals surface area (Å²) in [5, 5.41) is 0.872. The van der Waals surface area contributed by atoms with E-state index in [2.05, 4.69) is 15.9 Å². The number of amides is 1. The van der Waals surface area contributed by atoms with Crippen molar-refractivity contribution < 1.29 is 18.7 Å². The molecule has 0 aliphatic heterocycles. The number of fused-ring (bicyclic) bond motifs is 1. The topological polar surface area (TPSA) is 59.8 Å². The summed E-state index contributed by atoms with van der Waals surface area (Å²) in [6.45, 7) is 3.73. The van der Waals surface area contributed by atoms with Gasteiger partial charge in [-0.15, -0.1) is 0 Å². The van der Waals surface area contributed by atoms with Crippen LogP contribution in [0.2, 0.25) is 0 Å². The Bertz CT molecular complexity index is 692. The number of aryl methyl sites for hydroxylation is 1. The van der Waals surface area contributed by atoms with Gasteiger partial charge in [0, 0.05) is 22.5 Å². The van der Waals surface area contributed by atoms with Crippen molar-refractivity contribution in [3.05, 3.63) is 34.0 Å². The number of benzene rings is 1. The van der Waals surface area contributed by atoms with Crippen LogP contribution < -0.4 is 0 Å². The monoisotopic (exact) mass is 353 g/mol. The molecule has 0 spiro atoms. The summed E-state index contributed by atoms with van der Waals surface area (Å²) in [4.78, 5) is 25.1. The van der Waals surface area contributed by atoms with E-state index in [1.165, 1.54) is 4.90 Å². The number of carbonyl (C=O) groups excluding carboxylic acids is 2. The first kappa shape index (κ1) is 15.6. The molecule has 21 heavy (non-hydrogen) atoms. The van der Waals surface area contributed by atoms with Gasteiger partial charge in [0.2, 0.25) is 0 Å². The Hall–Kier alpha value is -1.82. The molecule has 0 fully saturated rings. The fourth-order valence-corrected chi connectivity index (χ4v) is 2.40. The summed E-state index contributed by atoms with van der Waals surface area (Å²) in [6, 6.07) is 5.55. The van der Waals surface area contributed by atoms with E-state index in [4.69, 9.17) is 9.15 Å². The van der Waals surface area contributed by atoms with Gasteiger partial charge in [-0.25, -0.2) is 0 Å². The summed E-state index contributed by atoms with van der Waals surface area (Å²) in [6.07, 6.45) is 0. The Balaban J connectivity index is 2.27. The summed E-state index contributed by atoms with van der Waals surface area (Å²) >= 11 is 3.39. The van der Waals surface area contributed by atoms with Gasteiger partial charge in [-0.3, -0.25) is 9.59 Å². The van der Waals surface area contributed by atoms with Crippen LogP contribution >= 0.6 is 15.9 Å². The first-order valence-electron chi connectivity index (χ1n) is 6.53. The number of halogens is 1. The molecule has 1 aromatic carbocycles. The molecule has 0 atom stereocenters. The van der Waals surface area contributed by atoms with Crippen molar-refractivity contribution in [2.45, 2.75) is 13.8 Å². The Morgan fingerprint density at radius 3 is 2.76 bits per heavy atom. The third-order valence-electron chi connectivity index (χ3n) is 3.11. The molecule has 5 nitrogen and oxygen atoms in total. The number of rotatable bonds is 4. The lowest BCUT2D eigenvalue weighted by Crippen LogP contribution is -2.33. The van der Waals surface area contributed by atoms with Crippen molar-refractivity contribution in [1.29, 1.82) is 0 Å². The highest BCUT2D eigenvalue weighted by molar-refractivity contribution is 9.10. The number of carbonyl (C=O) groups is 2. The highest BCUT2D eigenvalue weighted by Crippen LogP contribution is 2.28. The number of likely N-dealkylation sites (N-methyl/N-ethyl adjacent to an activating group) is 1. The highest BCUT2D eigenvalue weighted by Gasteiger charge is 2.22. The minimum atomic E-state index is -0.440. The van der Waals surface area contributed by atoms with Crippen LogP contribution in [0.4, 0.5) is 0 Å². The van der Waals surface area contributed by atoms with E-state index in [1.54, 1.807) is 20.0 Å². The van der Waals surface area contributed by atoms with Gasteiger partial charge in [-0.2, -0.15) is 0 Å². The maximum absolute atomic E-state index is 12.4. The van der Waals surface area contributed by atoms with Crippen LogP contribution in [0.5, 0.6) is 0 Å². The standard InChI is InChI=1S/C15H16BrNO4/c1-4-20-13(18)8-17(3)15(19)14-9(2)11-7-10(16)5-6-12(11)21-14/h5-7H,4,8H2,1-3H3. The molecule has 6 heteroatoms. The number of hydrogen-bond acceptors (Lipinski definition) is 4. The second-order valence-corrected chi connectivity index (χ2v) is 5.58. The van der Waals surface area contributed by atoms with Gasteiger partial charge < -0.3 is 14.1 Å². The van der Waals surface area contributed by atoms with Gasteiger partial charge in [0.1, 0.15) is 12.1 Å². The Kier molecular flexibility index (Phi) is 4.67. The van der Waals surface area contributed by atoms with Crippen molar-refractivity contribution in [1.82, 2.24) is 4.90 Å². The summed E-state index contributed by atoms with van der Waals surface area (Å²) < 4.78 is 11.4. The second-order valence-electron chi connectivity index (χ2n) is 4.66. The van der Waals surface area contributed by atoms with Crippen molar-refractivity contribution in [3.63, 3.8) is 0 Å². The lowest BCUT2D eigenvalue weighted by atomic mass is 10.1. The van der Waals surface area contributed by atoms with E-state index in [0.717, 1.165) is 15.4 Å². The lowest BCUT2D eigenvalue weighted by Gasteiger charge is -2.14. The molecule has 2 aromatic rings. The predicted octanol–water partition coefficient (Wildman–Crippen LogP) is 3.14. The molecular weight excluding hydrogens is 338 g/mol. The molecule has 1 amide bonds. The van der Waals surface area contributed by atoms with E-state index in [-0.39, 0.29) is 18.2 Å². The van der Waals surface area contributed by atoms with Gasteiger partial charge in [0.05, 0.1) is 6.61 Å². The zero-order valence-electron chi connectivity index (χ0n) is 12.1. The Morgan fingerprint density at radius 1 is 1.38 bits per heavy atom. The van der Waals surface area contributed by atoms with Crippen LogP contribution in [-0.4, -0.2) is 37.0 Å². The van der Waals surface area contributed by atoms with Crippen LogP contribution in [0.15, 0.2) is 27.1 Å². The SMILES string of the molecule is CCOC(=O)CN(C)C(=O)c1oc2ccc(Br)cc2c1C. The van der Waals surface area contributed by atoms with E-state index in [9.17, 15) is 9.59 Å². The Morgan fingerprint density at radius 2 is 2.10 bits per heavy atom. The molecule has 2 rings (SSSR count). The maximum atomic E-state index is 12.4. The lowest BCUT2D eigenvalue weighted by molar-refractivity contribution is -0.143. The quantitative estimate of drug-likeness (QED) is 0.792. The molecule has 0 aliphatic carbocycles.